The molecule has 0 aliphatic rings. The fourth-order valence-electron chi connectivity index (χ4n) is 3.73. The quantitative estimate of drug-likeness (QED) is 0.410. The lowest BCUT2D eigenvalue weighted by Gasteiger charge is -2.13. The zero-order valence-electron chi connectivity index (χ0n) is 18.7. The number of ether oxygens (including phenoxy) is 2. The normalized spacial score (nSPS) is 11.1. The van der Waals surface area contributed by atoms with Crippen LogP contribution < -0.4 is 10.1 Å². The van der Waals surface area contributed by atoms with Gasteiger partial charge in [-0.2, -0.15) is 5.10 Å². The summed E-state index contributed by atoms with van der Waals surface area (Å²) in [6.45, 7) is 7.10. The van der Waals surface area contributed by atoms with Gasteiger partial charge in [0.1, 0.15) is 17.1 Å². The Hall–Kier alpha value is -3.65. The topological polar surface area (TPSA) is 94.1 Å². The minimum atomic E-state index is -0.379. The van der Waals surface area contributed by atoms with Crippen LogP contribution in [0.3, 0.4) is 0 Å². The van der Waals surface area contributed by atoms with E-state index in [0.29, 0.717) is 25.3 Å². The Morgan fingerprint density at radius 3 is 2.75 bits per heavy atom. The minimum Gasteiger partial charge on any atom is -0.497 e. The number of hydrogen-bond acceptors (Lipinski definition) is 6. The van der Waals surface area contributed by atoms with Crippen molar-refractivity contribution < 1.29 is 14.3 Å². The Morgan fingerprint density at radius 2 is 2.00 bits per heavy atom. The van der Waals surface area contributed by atoms with E-state index >= 15 is 0 Å². The Bertz CT molecular complexity index is 1260. The van der Waals surface area contributed by atoms with Gasteiger partial charge in [0, 0.05) is 12.6 Å². The van der Waals surface area contributed by atoms with Gasteiger partial charge in [-0.15, -0.1) is 0 Å². The first-order valence-corrected chi connectivity index (χ1v) is 10.5. The number of carbonyl (C=O) groups is 1. The molecule has 4 aromatic rings. The number of fused-ring (bicyclic) bond motifs is 1. The number of esters is 1. The molecule has 0 fully saturated rings. The smallest absolute Gasteiger partial charge is 0.341 e. The van der Waals surface area contributed by atoms with Crippen LogP contribution in [0.5, 0.6) is 5.75 Å². The number of carbonyl (C=O) groups excluding carboxylic acids is 1. The number of rotatable bonds is 8. The van der Waals surface area contributed by atoms with Gasteiger partial charge in [-0.25, -0.2) is 14.5 Å². The molecule has 2 heterocycles. The number of hydrogen-bond donors (Lipinski definition) is 2. The summed E-state index contributed by atoms with van der Waals surface area (Å²) in [5.74, 6) is 1.19. The summed E-state index contributed by atoms with van der Waals surface area (Å²) in [6, 6.07) is 11.9. The molecule has 4 rings (SSSR count). The van der Waals surface area contributed by atoms with Crippen LogP contribution >= 0.6 is 0 Å². The van der Waals surface area contributed by atoms with Crippen molar-refractivity contribution in [2.75, 3.05) is 13.7 Å². The van der Waals surface area contributed by atoms with Crippen molar-refractivity contribution in [3.05, 3.63) is 70.8 Å². The van der Waals surface area contributed by atoms with E-state index in [0.717, 1.165) is 39.6 Å². The Morgan fingerprint density at radius 1 is 1.16 bits per heavy atom. The summed E-state index contributed by atoms with van der Waals surface area (Å²) in [4.78, 5) is 20.4. The molecule has 2 aromatic carbocycles. The SMILES string of the molecule is CCOC(=O)c1cnn(-c2ccc(C)cc2C)c1CNCc1nc2ccc(OC)cc2[nH]1. The number of nitrogens with zero attached hydrogens (tertiary/aromatic N) is 3. The maximum atomic E-state index is 12.5. The number of aromatic amines is 1. The highest BCUT2D eigenvalue weighted by molar-refractivity contribution is 5.90. The average molecular weight is 434 g/mol. The van der Waals surface area contributed by atoms with Crippen molar-refractivity contribution in [2.24, 2.45) is 0 Å². The fraction of sp³-hybridized carbons (Fsp3) is 0.292. The fourth-order valence-corrected chi connectivity index (χ4v) is 3.73. The predicted octanol–water partition coefficient (Wildman–Crippen LogP) is 3.84. The molecule has 8 heteroatoms. The van der Waals surface area contributed by atoms with E-state index in [1.54, 1.807) is 24.9 Å². The number of aryl methyl sites for hydroxylation is 2. The molecule has 8 nitrogen and oxygen atoms in total. The first kappa shape index (κ1) is 21.6. The molecule has 0 bridgehead atoms. The molecule has 0 atom stereocenters. The molecule has 0 amide bonds. The standard InChI is InChI=1S/C24H27N5O3/c1-5-32-24(30)18-12-26-29(21-9-6-15(2)10-16(21)3)22(18)13-25-14-23-27-19-8-7-17(31-4)11-20(19)28-23/h6-12,25H,5,13-14H2,1-4H3,(H,27,28). The van der Waals surface area contributed by atoms with Crippen LogP contribution in [0.1, 0.15) is 39.9 Å². The monoisotopic (exact) mass is 433 g/mol. The van der Waals surface area contributed by atoms with Gasteiger partial charge >= 0.3 is 5.97 Å². The molecule has 0 saturated carbocycles. The second-order valence-corrected chi connectivity index (χ2v) is 7.60. The maximum absolute atomic E-state index is 12.5. The third-order valence-electron chi connectivity index (χ3n) is 5.27. The van der Waals surface area contributed by atoms with Crippen molar-refractivity contribution in [3.8, 4) is 11.4 Å². The van der Waals surface area contributed by atoms with E-state index in [2.05, 4.69) is 33.4 Å². The van der Waals surface area contributed by atoms with Gasteiger partial charge in [0.05, 0.1) is 48.9 Å². The van der Waals surface area contributed by atoms with Crippen LogP contribution in [0.4, 0.5) is 0 Å². The molecule has 0 radical (unpaired) electrons. The van der Waals surface area contributed by atoms with Gasteiger partial charge in [0.15, 0.2) is 0 Å². The molecule has 2 N–H and O–H groups in total. The highest BCUT2D eigenvalue weighted by Gasteiger charge is 2.20. The summed E-state index contributed by atoms with van der Waals surface area (Å²) in [5, 5.41) is 7.88. The largest absolute Gasteiger partial charge is 0.497 e. The van der Waals surface area contributed by atoms with Crippen LogP contribution in [0.15, 0.2) is 42.6 Å². The van der Waals surface area contributed by atoms with Crippen molar-refractivity contribution >= 4 is 17.0 Å². The molecule has 0 spiro atoms. The van der Waals surface area contributed by atoms with Crippen molar-refractivity contribution in [1.29, 1.82) is 0 Å². The van der Waals surface area contributed by atoms with E-state index in [1.165, 1.54) is 5.56 Å². The maximum Gasteiger partial charge on any atom is 0.341 e. The number of benzene rings is 2. The van der Waals surface area contributed by atoms with Gasteiger partial charge in [-0.1, -0.05) is 17.7 Å². The van der Waals surface area contributed by atoms with Gasteiger partial charge in [-0.3, -0.25) is 0 Å². The molecular formula is C24H27N5O3. The Balaban J connectivity index is 1.58. The zero-order valence-corrected chi connectivity index (χ0v) is 18.7. The molecule has 166 valence electrons. The summed E-state index contributed by atoms with van der Waals surface area (Å²) in [5.41, 5.74) is 6.16. The van der Waals surface area contributed by atoms with Crippen LogP contribution in [-0.2, 0) is 17.8 Å². The lowest BCUT2D eigenvalue weighted by atomic mass is 10.1. The van der Waals surface area contributed by atoms with E-state index in [1.807, 2.05) is 37.3 Å². The summed E-state index contributed by atoms with van der Waals surface area (Å²) >= 11 is 0. The lowest BCUT2D eigenvalue weighted by Crippen LogP contribution is -2.19. The molecule has 0 saturated heterocycles. The van der Waals surface area contributed by atoms with Crippen LogP contribution in [0.2, 0.25) is 0 Å². The summed E-state index contributed by atoms with van der Waals surface area (Å²) in [6.07, 6.45) is 1.57. The molecule has 0 aliphatic heterocycles. The van der Waals surface area contributed by atoms with Crippen LogP contribution in [-0.4, -0.2) is 39.4 Å². The first-order valence-electron chi connectivity index (χ1n) is 10.5. The van der Waals surface area contributed by atoms with Crippen molar-refractivity contribution in [2.45, 2.75) is 33.9 Å². The molecule has 2 aromatic heterocycles. The number of aromatic nitrogens is 4. The van der Waals surface area contributed by atoms with Crippen molar-refractivity contribution in [1.82, 2.24) is 25.1 Å². The van der Waals surface area contributed by atoms with Gasteiger partial charge in [-0.05, 0) is 44.5 Å². The molecular weight excluding hydrogens is 406 g/mol. The van der Waals surface area contributed by atoms with E-state index in [-0.39, 0.29) is 5.97 Å². The number of nitrogens with one attached hydrogen (secondary N) is 2. The van der Waals surface area contributed by atoms with Gasteiger partial charge in [0.25, 0.3) is 0 Å². The van der Waals surface area contributed by atoms with Crippen molar-refractivity contribution in [3.63, 3.8) is 0 Å². The first-order chi connectivity index (χ1) is 15.5. The highest BCUT2D eigenvalue weighted by atomic mass is 16.5. The van der Waals surface area contributed by atoms with E-state index in [9.17, 15) is 4.79 Å². The number of H-pyrrole nitrogens is 1. The molecule has 0 aliphatic carbocycles. The third kappa shape index (κ3) is 4.36. The van der Waals surface area contributed by atoms with Crippen LogP contribution in [0, 0.1) is 13.8 Å². The van der Waals surface area contributed by atoms with Gasteiger partial charge < -0.3 is 19.8 Å². The second kappa shape index (κ2) is 9.23. The minimum absolute atomic E-state index is 0.308. The molecule has 32 heavy (non-hydrogen) atoms. The Kier molecular flexibility index (Phi) is 6.23. The highest BCUT2D eigenvalue weighted by Crippen LogP contribution is 2.21. The summed E-state index contributed by atoms with van der Waals surface area (Å²) in [7, 11) is 1.64. The average Bonchev–Trinajstić information content (AvgIpc) is 3.37. The van der Waals surface area contributed by atoms with E-state index in [4.69, 9.17) is 9.47 Å². The van der Waals surface area contributed by atoms with Gasteiger partial charge in [0.2, 0.25) is 0 Å². The number of methoxy groups -OCH3 is 1. The summed E-state index contributed by atoms with van der Waals surface area (Å²) < 4.78 is 12.3. The predicted molar refractivity (Wildman–Crippen MR) is 122 cm³/mol. The Labute approximate surface area is 186 Å². The van der Waals surface area contributed by atoms with Crippen LogP contribution in [0.25, 0.3) is 16.7 Å². The van der Waals surface area contributed by atoms with E-state index < -0.39 is 0 Å². The second-order valence-electron chi connectivity index (χ2n) is 7.60. The third-order valence-corrected chi connectivity index (χ3v) is 5.27. The number of imidazole rings is 1. The molecule has 0 unspecified atom stereocenters. The lowest BCUT2D eigenvalue weighted by molar-refractivity contribution is 0.0525. The zero-order chi connectivity index (χ0) is 22.7.